The smallest absolute Gasteiger partial charge is 0.0280 e. The summed E-state index contributed by atoms with van der Waals surface area (Å²) in [5.74, 6) is 0. The van der Waals surface area contributed by atoms with Gasteiger partial charge in [0, 0.05) is 16.8 Å². The maximum absolute atomic E-state index is 2.66. The van der Waals surface area contributed by atoms with E-state index in [0.29, 0.717) is 0 Å². The predicted octanol–water partition coefficient (Wildman–Crippen LogP) is 15.3. The van der Waals surface area contributed by atoms with Gasteiger partial charge >= 0.3 is 387 Å². The maximum atomic E-state index is 2.66. The topological polar surface area (TPSA) is 16.2 Å². The third kappa shape index (κ3) is 7.97. The molecule has 8 heteroatoms. The predicted molar refractivity (Wildman–Crippen MR) is 378 cm³/mol. The molecule has 13 aromatic carbocycles. The van der Waals surface area contributed by atoms with Crippen molar-refractivity contribution in [3.8, 4) is 11.1 Å². The summed E-state index contributed by atoms with van der Waals surface area (Å²) < 4.78 is 2.83. The van der Waals surface area contributed by atoms with Gasteiger partial charge in [0.1, 0.15) is 0 Å². The Balaban J connectivity index is 0.938. The SMILES string of the molecule is CC1(C)c2ccccc2-c2ccc(N3c4ccccc4B4c5cc6c(cc5N(c5ccccc5)c5cc(N(c7ccccc7)c7ccccc7)cc3c54)N(c3ccccc3)c3cc(N(c4ccccc4)c4ccccc4)cc4c3B6c3ccccc3[Se]4)cc21. The molecule has 0 saturated carbocycles. The minimum atomic E-state index is -0.198. The number of fused-ring (bicyclic) bond motifs is 11. The fourth-order valence-electron chi connectivity index (χ4n) is 15.4. The number of nitrogens with zero attached hydrogens (tertiary/aromatic N) is 5. The summed E-state index contributed by atoms with van der Waals surface area (Å²) in [5, 5.41) is 0. The van der Waals surface area contributed by atoms with Crippen LogP contribution in [0, 0.1) is 0 Å². The quantitative estimate of drug-likeness (QED) is 0.134. The van der Waals surface area contributed by atoms with Crippen molar-refractivity contribution in [3.63, 3.8) is 0 Å². The van der Waals surface area contributed by atoms with Gasteiger partial charge in [-0.25, -0.2) is 0 Å². The number of hydrogen-bond donors (Lipinski definition) is 0. The number of rotatable bonds is 9. The molecule has 4 aliphatic heterocycles. The molecule has 18 rings (SSSR count). The summed E-state index contributed by atoms with van der Waals surface area (Å²) in [4.78, 5) is 12.7. The van der Waals surface area contributed by atoms with E-state index in [9.17, 15) is 0 Å². The summed E-state index contributed by atoms with van der Waals surface area (Å²) in [5.41, 5.74) is 30.1. The molecule has 89 heavy (non-hydrogen) atoms. The van der Waals surface area contributed by atoms with Crippen molar-refractivity contribution in [2.75, 3.05) is 24.5 Å². The molecule has 4 heterocycles. The van der Waals surface area contributed by atoms with Crippen LogP contribution in [-0.2, 0) is 5.41 Å². The van der Waals surface area contributed by atoms with Crippen molar-refractivity contribution >= 4 is 155 Å². The summed E-state index contributed by atoms with van der Waals surface area (Å²) in [6.45, 7) is 4.62. The Kier molecular flexibility index (Phi) is 11.8. The van der Waals surface area contributed by atoms with Crippen LogP contribution in [0.3, 0.4) is 0 Å². The molecule has 0 amide bonds. The molecule has 0 atom stereocenters. The van der Waals surface area contributed by atoms with Crippen LogP contribution in [0.2, 0.25) is 0 Å². The Morgan fingerprint density at radius 2 is 0.708 bits per heavy atom. The van der Waals surface area contributed by atoms with Crippen molar-refractivity contribution in [2.24, 2.45) is 0 Å². The van der Waals surface area contributed by atoms with Crippen LogP contribution in [0.5, 0.6) is 0 Å². The number of hydrogen-bond acceptors (Lipinski definition) is 5. The molecule has 0 aromatic heterocycles. The molecule has 0 N–H and O–H groups in total. The van der Waals surface area contributed by atoms with Gasteiger partial charge in [-0.2, -0.15) is 0 Å². The summed E-state index contributed by atoms with van der Waals surface area (Å²) >= 11 is 0.0185. The summed E-state index contributed by atoms with van der Waals surface area (Å²) in [7, 11) is 0. The van der Waals surface area contributed by atoms with Gasteiger partial charge < -0.3 is 0 Å². The fraction of sp³-hybridized carbons (Fsp3) is 0.0370. The third-order valence-corrected chi connectivity index (χ3v) is 21.6. The van der Waals surface area contributed by atoms with Crippen molar-refractivity contribution < 1.29 is 0 Å². The van der Waals surface area contributed by atoms with Gasteiger partial charge in [-0.15, -0.1) is 0 Å². The number of anilines is 15. The first-order valence-corrected chi connectivity index (χ1v) is 32.6. The Morgan fingerprint density at radius 3 is 1.27 bits per heavy atom. The van der Waals surface area contributed by atoms with E-state index in [-0.39, 0.29) is 33.8 Å². The van der Waals surface area contributed by atoms with Crippen molar-refractivity contribution in [3.05, 3.63) is 321 Å². The average molecular weight is 1200 g/mol. The van der Waals surface area contributed by atoms with Gasteiger partial charge in [0.2, 0.25) is 0 Å². The van der Waals surface area contributed by atoms with E-state index in [0.717, 1.165) is 68.2 Å². The second-order valence-corrected chi connectivity index (χ2v) is 26.7. The summed E-state index contributed by atoms with van der Waals surface area (Å²) in [6, 6.07) is 116. The van der Waals surface area contributed by atoms with E-state index < -0.39 is 0 Å². The van der Waals surface area contributed by atoms with Crippen molar-refractivity contribution in [1.29, 1.82) is 0 Å². The Morgan fingerprint density at radius 1 is 0.281 bits per heavy atom. The fourth-order valence-corrected chi connectivity index (χ4v) is 17.9. The Hall–Kier alpha value is -10.5. The molecule has 0 unspecified atom stereocenters. The minimum absolute atomic E-state index is 0.0185. The molecule has 5 aliphatic rings. The molecule has 0 radical (unpaired) electrons. The average Bonchev–Trinajstić information content (AvgIpc) is 1.26. The standard InChI is InChI=1S/C81H57B2N5Se/c1-81(2)65-40-22-21-39-63(65)64-46-45-60(47-66(64)81)88-71-43-25-23-41-67(71)82-69-52-70-73(53-72(69)86(58-35-17-7-18-36-58)74-48-61(49-75(88)79(74)82)84(54-27-9-3-10-28-54)55-29-11-4-12-30-55)87(59-37-19-8-20-38-59)76-50-62(51-78-80(76)83(70)68-42-24-26-44-77(68)89-78)85(56-31-13-5-14-32-56)57-33-15-6-16-34-57/h3-53H,1-2H3. The zero-order chi connectivity index (χ0) is 58.9. The molecule has 418 valence electrons. The molecule has 0 saturated heterocycles. The van der Waals surface area contributed by atoms with Crippen LogP contribution < -0.4 is 66.2 Å². The molecular formula is C81H57B2N5Se. The summed E-state index contributed by atoms with van der Waals surface area (Å²) in [6.07, 6.45) is 0. The van der Waals surface area contributed by atoms with Gasteiger partial charge in [-0.3, -0.25) is 0 Å². The monoisotopic (exact) mass is 1200 g/mol. The van der Waals surface area contributed by atoms with Crippen LogP contribution in [0.4, 0.5) is 85.3 Å². The second-order valence-electron chi connectivity index (χ2n) is 24.4. The van der Waals surface area contributed by atoms with E-state index in [1.165, 1.54) is 81.0 Å². The van der Waals surface area contributed by atoms with Crippen molar-refractivity contribution in [1.82, 2.24) is 0 Å². The van der Waals surface area contributed by atoms with Crippen LogP contribution in [-0.4, -0.2) is 28.4 Å². The van der Waals surface area contributed by atoms with Crippen LogP contribution in [0.1, 0.15) is 25.0 Å². The Bertz CT molecular complexity index is 4870. The second kappa shape index (κ2) is 20.3. The van der Waals surface area contributed by atoms with Gasteiger partial charge in [0.05, 0.1) is 0 Å². The molecule has 5 nitrogen and oxygen atoms in total. The number of benzene rings is 13. The van der Waals surface area contributed by atoms with E-state index in [4.69, 9.17) is 0 Å². The zero-order valence-electron chi connectivity index (χ0n) is 49.2. The third-order valence-electron chi connectivity index (χ3n) is 19.2. The molecule has 13 aromatic rings. The molecule has 0 fully saturated rings. The first-order valence-electron chi connectivity index (χ1n) is 30.9. The van der Waals surface area contributed by atoms with E-state index in [1.54, 1.807) is 0 Å². The minimum Gasteiger partial charge on any atom is -0.0280 e. The van der Waals surface area contributed by atoms with E-state index >= 15 is 0 Å². The first-order chi connectivity index (χ1) is 43.9. The van der Waals surface area contributed by atoms with Crippen LogP contribution in [0.25, 0.3) is 11.1 Å². The van der Waals surface area contributed by atoms with Gasteiger partial charge in [0.25, 0.3) is 0 Å². The van der Waals surface area contributed by atoms with E-state index in [1.807, 2.05) is 0 Å². The van der Waals surface area contributed by atoms with Crippen LogP contribution >= 0.6 is 0 Å². The molecular weight excluding hydrogens is 1140 g/mol. The van der Waals surface area contributed by atoms with Gasteiger partial charge in [-0.1, -0.05) is 80.6 Å². The zero-order valence-corrected chi connectivity index (χ0v) is 51.0. The molecule has 0 bridgehead atoms. The van der Waals surface area contributed by atoms with Gasteiger partial charge in [0.15, 0.2) is 0 Å². The molecule has 0 spiro atoms. The first kappa shape index (κ1) is 51.7. The molecule has 1 aliphatic carbocycles. The van der Waals surface area contributed by atoms with Crippen LogP contribution in [0.15, 0.2) is 309 Å². The van der Waals surface area contributed by atoms with E-state index in [2.05, 4.69) is 348 Å². The Labute approximate surface area is 527 Å². The normalized spacial score (nSPS) is 13.9. The van der Waals surface area contributed by atoms with Crippen molar-refractivity contribution in [2.45, 2.75) is 19.3 Å². The van der Waals surface area contributed by atoms with Gasteiger partial charge in [-0.05, 0) is 46.5 Å². The number of para-hydroxylation sites is 7.